The third kappa shape index (κ3) is 10.9. The minimum absolute atomic E-state index is 0.200. The molecule has 1 saturated carbocycles. The number of carbonyl (C=O) groups is 1. The van der Waals surface area contributed by atoms with Crippen LogP contribution in [0.5, 0.6) is 11.5 Å². The van der Waals surface area contributed by atoms with Gasteiger partial charge in [-0.2, -0.15) is 0 Å². The monoisotopic (exact) mass is 789 g/mol. The van der Waals surface area contributed by atoms with Gasteiger partial charge in [-0.3, -0.25) is 14.6 Å². The van der Waals surface area contributed by atoms with Crippen molar-refractivity contribution >= 4 is 5.91 Å². The average molecular weight is 789 g/mol. The third-order valence-corrected chi connectivity index (χ3v) is 13.9. The van der Waals surface area contributed by atoms with E-state index in [0.29, 0.717) is 19.1 Å². The maximum Gasteiger partial charge on any atom is 0.233 e. The van der Waals surface area contributed by atoms with E-state index in [9.17, 15) is 4.79 Å². The zero-order valence-corrected chi connectivity index (χ0v) is 35.3. The number of amides is 1. The van der Waals surface area contributed by atoms with Crippen molar-refractivity contribution < 1.29 is 28.5 Å². The summed E-state index contributed by atoms with van der Waals surface area (Å²) in [5.41, 5.74) is 2.28. The number of nitrogens with zero attached hydrogens (tertiary/aromatic N) is 4. The van der Waals surface area contributed by atoms with Gasteiger partial charge < -0.3 is 33.5 Å². The second-order valence-corrected chi connectivity index (χ2v) is 17.5. The van der Waals surface area contributed by atoms with Crippen LogP contribution in [-0.2, 0) is 29.8 Å². The standard InChI is InChI=1S/C24H36N2O3.C23H36N2O3/c1-2-22(3-1)26-16-20(17-26)18-29-23-6-4-21(5-7-23)24(8-12-27-13-9-24)19-25-10-14-28-15-11-25;1-3-25(4-2)22(26)23(12-18-27-19-13-23)20-8-10-21(11-9-20)28-17-7-16-24-14-5-6-15-24/h4-7,20,22H,1-3,8-19H2;8-11H,3-7,12-19H2,1-2H3. The minimum Gasteiger partial charge on any atom is -0.494 e. The number of benzene rings is 2. The number of morpholine rings is 1. The summed E-state index contributed by atoms with van der Waals surface area (Å²) in [6.45, 7) is 21.2. The molecule has 10 heteroatoms. The molecule has 1 aliphatic carbocycles. The van der Waals surface area contributed by atoms with Gasteiger partial charge in [0, 0.05) is 96.2 Å². The zero-order chi connectivity index (χ0) is 39.3. The average Bonchev–Trinajstić information content (AvgIpc) is 3.75. The Morgan fingerprint density at radius 3 is 1.88 bits per heavy atom. The largest absolute Gasteiger partial charge is 0.494 e. The Labute approximate surface area is 343 Å². The van der Waals surface area contributed by atoms with Crippen molar-refractivity contribution in [2.75, 3.05) is 118 Å². The van der Waals surface area contributed by atoms with Gasteiger partial charge in [0.05, 0.1) is 31.8 Å². The van der Waals surface area contributed by atoms with Crippen LogP contribution in [0.2, 0.25) is 0 Å². The highest BCUT2D eigenvalue weighted by Crippen LogP contribution is 2.39. The number of carbonyl (C=O) groups excluding carboxylic acids is 1. The fourth-order valence-corrected chi connectivity index (χ4v) is 9.89. The normalized spacial score (nSPS) is 23.1. The first-order chi connectivity index (χ1) is 28.0. The van der Waals surface area contributed by atoms with E-state index in [2.05, 4.69) is 51.1 Å². The van der Waals surface area contributed by atoms with E-state index < -0.39 is 5.41 Å². The van der Waals surface area contributed by atoms with Crippen LogP contribution < -0.4 is 9.47 Å². The highest BCUT2D eigenvalue weighted by Gasteiger charge is 2.43. The molecule has 0 unspecified atom stereocenters. The van der Waals surface area contributed by atoms with E-state index in [1.165, 1.54) is 63.8 Å². The molecule has 0 N–H and O–H groups in total. The van der Waals surface area contributed by atoms with Gasteiger partial charge in [0.2, 0.25) is 5.91 Å². The third-order valence-electron chi connectivity index (χ3n) is 13.9. The summed E-state index contributed by atoms with van der Waals surface area (Å²) in [5, 5.41) is 0. The fourth-order valence-electron chi connectivity index (χ4n) is 9.89. The van der Waals surface area contributed by atoms with E-state index in [-0.39, 0.29) is 11.3 Å². The molecule has 5 aliphatic heterocycles. The number of hydrogen-bond donors (Lipinski definition) is 0. The van der Waals surface area contributed by atoms with E-state index in [1.807, 2.05) is 30.9 Å². The van der Waals surface area contributed by atoms with Crippen LogP contribution in [0.4, 0.5) is 0 Å². The lowest BCUT2D eigenvalue weighted by Crippen LogP contribution is -2.55. The number of ether oxygens (including phenoxy) is 5. The van der Waals surface area contributed by atoms with Gasteiger partial charge in [-0.25, -0.2) is 0 Å². The molecular weight excluding hydrogens is 717 g/mol. The Hall–Kier alpha value is -2.73. The van der Waals surface area contributed by atoms with E-state index in [0.717, 1.165) is 134 Å². The van der Waals surface area contributed by atoms with Gasteiger partial charge in [-0.1, -0.05) is 30.7 Å². The van der Waals surface area contributed by atoms with Crippen LogP contribution >= 0.6 is 0 Å². The van der Waals surface area contributed by atoms with Crippen LogP contribution in [0.15, 0.2) is 48.5 Å². The molecule has 2 aromatic carbocycles. The lowest BCUT2D eigenvalue weighted by Gasteiger charge is -2.47. The van der Waals surface area contributed by atoms with Crippen molar-refractivity contribution in [3.05, 3.63) is 59.7 Å². The van der Waals surface area contributed by atoms with Crippen LogP contribution in [0.1, 0.15) is 89.2 Å². The number of rotatable bonds is 16. The lowest BCUT2D eigenvalue weighted by molar-refractivity contribution is -0.141. The topological polar surface area (TPSA) is 76.2 Å². The lowest BCUT2D eigenvalue weighted by atomic mass is 9.73. The first-order valence-electron chi connectivity index (χ1n) is 22.7. The molecule has 57 heavy (non-hydrogen) atoms. The van der Waals surface area contributed by atoms with Crippen LogP contribution in [0.25, 0.3) is 0 Å². The molecule has 8 rings (SSSR count). The maximum atomic E-state index is 13.3. The van der Waals surface area contributed by atoms with Gasteiger partial charge in [0.15, 0.2) is 0 Å². The van der Waals surface area contributed by atoms with Gasteiger partial charge >= 0.3 is 0 Å². The van der Waals surface area contributed by atoms with Crippen molar-refractivity contribution in [3.8, 4) is 11.5 Å². The zero-order valence-electron chi connectivity index (χ0n) is 35.3. The summed E-state index contributed by atoms with van der Waals surface area (Å²) >= 11 is 0. The first-order valence-corrected chi connectivity index (χ1v) is 22.7. The summed E-state index contributed by atoms with van der Waals surface area (Å²) in [5.74, 6) is 2.85. The molecule has 5 saturated heterocycles. The Bertz CT molecular complexity index is 1470. The predicted molar refractivity (Wildman–Crippen MR) is 226 cm³/mol. The number of hydrogen-bond acceptors (Lipinski definition) is 9. The molecule has 0 aromatic heterocycles. The van der Waals surface area contributed by atoms with Crippen molar-refractivity contribution in [1.82, 2.24) is 19.6 Å². The second kappa shape index (κ2) is 21.0. The quantitative estimate of drug-likeness (QED) is 0.180. The highest BCUT2D eigenvalue weighted by molar-refractivity contribution is 5.88. The molecule has 1 amide bonds. The van der Waals surface area contributed by atoms with E-state index in [4.69, 9.17) is 23.7 Å². The first kappa shape index (κ1) is 42.4. The van der Waals surface area contributed by atoms with Crippen LogP contribution in [-0.4, -0.2) is 150 Å². The Kier molecular flexibility index (Phi) is 15.6. The molecule has 0 bridgehead atoms. The Balaban J connectivity index is 0.000000174. The van der Waals surface area contributed by atoms with Crippen LogP contribution in [0, 0.1) is 5.92 Å². The molecule has 10 nitrogen and oxygen atoms in total. The summed E-state index contributed by atoms with van der Waals surface area (Å²) in [6.07, 6.45) is 11.7. The SMILES string of the molecule is CCN(CC)C(=O)C1(c2ccc(OCCCN3CCCC3)cc2)CCOCC1.c1cc(C2(CN3CCOCC3)CCOCC2)ccc1OCC1CN(C2CCC2)C1. The minimum atomic E-state index is -0.460. The Morgan fingerprint density at radius 2 is 1.28 bits per heavy atom. The van der Waals surface area contributed by atoms with Gasteiger partial charge in [-0.15, -0.1) is 0 Å². The van der Waals surface area contributed by atoms with E-state index in [1.54, 1.807) is 0 Å². The molecule has 2 aromatic rings. The van der Waals surface area contributed by atoms with Gasteiger partial charge in [-0.05, 0) is 120 Å². The molecule has 6 fully saturated rings. The van der Waals surface area contributed by atoms with E-state index >= 15 is 0 Å². The second-order valence-electron chi connectivity index (χ2n) is 17.5. The smallest absolute Gasteiger partial charge is 0.233 e. The summed E-state index contributed by atoms with van der Waals surface area (Å²) in [6, 6.07) is 18.1. The molecule has 0 spiro atoms. The predicted octanol–water partition coefficient (Wildman–Crippen LogP) is 6.40. The van der Waals surface area contributed by atoms with Gasteiger partial charge in [0.25, 0.3) is 0 Å². The molecule has 0 radical (unpaired) electrons. The summed E-state index contributed by atoms with van der Waals surface area (Å²) in [4.78, 5) is 23.0. The fraction of sp³-hybridized carbons (Fsp3) is 0.723. The summed E-state index contributed by atoms with van der Waals surface area (Å²) < 4.78 is 28.9. The Morgan fingerprint density at radius 1 is 0.702 bits per heavy atom. The molecule has 5 heterocycles. The van der Waals surface area contributed by atoms with Crippen molar-refractivity contribution in [3.63, 3.8) is 0 Å². The maximum absolute atomic E-state index is 13.3. The van der Waals surface area contributed by atoms with Crippen molar-refractivity contribution in [2.24, 2.45) is 5.92 Å². The molecule has 6 aliphatic rings. The molecule has 0 atom stereocenters. The van der Waals surface area contributed by atoms with Crippen molar-refractivity contribution in [2.45, 2.75) is 94.9 Å². The number of likely N-dealkylation sites (tertiary alicyclic amines) is 2. The molecular formula is C47H72N4O6. The number of likely N-dealkylation sites (N-methyl/N-ethyl adjacent to an activating group) is 1. The highest BCUT2D eigenvalue weighted by atomic mass is 16.5. The molecule has 316 valence electrons. The van der Waals surface area contributed by atoms with Crippen molar-refractivity contribution in [1.29, 1.82) is 0 Å². The van der Waals surface area contributed by atoms with Crippen LogP contribution in [0.3, 0.4) is 0 Å². The van der Waals surface area contributed by atoms with Gasteiger partial charge in [0.1, 0.15) is 11.5 Å². The summed E-state index contributed by atoms with van der Waals surface area (Å²) in [7, 11) is 0.